The average molecular weight is 223 g/mol. The van der Waals surface area contributed by atoms with E-state index >= 15 is 0 Å². The monoisotopic (exact) mass is 223 g/mol. The molecule has 0 saturated heterocycles. The average Bonchev–Trinajstić information content (AvgIpc) is 2.94. The zero-order valence-corrected chi connectivity index (χ0v) is 8.88. The molecule has 1 aliphatic carbocycles. The van der Waals surface area contributed by atoms with E-state index in [9.17, 15) is 9.59 Å². The van der Waals surface area contributed by atoms with Crippen LogP contribution in [0.4, 0.5) is 0 Å². The highest BCUT2D eigenvalue weighted by Crippen LogP contribution is 2.38. The van der Waals surface area contributed by atoms with Crippen LogP contribution < -0.4 is 5.32 Å². The Labute approximate surface area is 92.3 Å². The Morgan fingerprint density at radius 3 is 2.88 bits per heavy atom. The lowest BCUT2D eigenvalue weighted by molar-refractivity contribution is -0.140. The molecule has 1 aromatic heterocycles. The molecule has 0 aromatic carbocycles. The number of nitrogens with one attached hydrogen (secondary N) is 1. The Bertz CT molecular complexity index is 427. The number of carboxylic acid groups (broad SMARTS) is 1. The van der Waals surface area contributed by atoms with Gasteiger partial charge in [-0.15, -0.1) is 0 Å². The summed E-state index contributed by atoms with van der Waals surface area (Å²) < 4.78 is 1.81. The van der Waals surface area contributed by atoms with Gasteiger partial charge in [0, 0.05) is 19.4 Å². The van der Waals surface area contributed by atoms with E-state index in [1.807, 2.05) is 11.6 Å². The van der Waals surface area contributed by atoms with Crippen LogP contribution in [0.25, 0.3) is 0 Å². The maximum atomic E-state index is 11.5. The molecule has 2 N–H and O–H groups in total. The van der Waals surface area contributed by atoms with Crippen molar-refractivity contribution in [3.8, 4) is 0 Å². The number of hydrogen-bond donors (Lipinski definition) is 2. The minimum Gasteiger partial charge on any atom is -0.481 e. The van der Waals surface area contributed by atoms with Gasteiger partial charge in [-0.1, -0.05) is 0 Å². The van der Waals surface area contributed by atoms with E-state index in [0.717, 1.165) is 5.82 Å². The number of aromatic nitrogens is 2. The molecule has 6 nitrogen and oxygen atoms in total. The number of carbonyl (C=O) groups is 2. The first-order chi connectivity index (χ1) is 7.59. The van der Waals surface area contributed by atoms with Crippen molar-refractivity contribution in [2.24, 2.45) is 18.9 Å². The maximum absolute atomic E-state index is 11.5. The first-order valence-corrected chi connectivity index (χ1v) is 5.06. The van der Waals surface area contributed by atoms with Crippen LogP contribution in [0.2, 0.25) is 0 Å². The van der Waals surface area contributed by atoms with Gasteiger partial charge in [-0.2, -0.15) is 0 Å². The maximum Gasteiger partial charge on any atom is 0.307 e. The van der Waals surface area contributed by atoms with E-state index in [2.05, 4.69) is 10.3 Å². The summed E-state index contributed by atoms with van der Waals surface area (Å²) in [7, 11) is 1.84. The summed E-state index contributed by atoms with van der Waals surface area (Å²) in [5.41, 5.74) is 0. The quantitative estimate of drug-likeness (QED) is 0.737. The van der Waals surface area contributed by atoms with Crippen molar-refractivity contribution < 1.29 is 14.7 Å². The van der Waals surface area contributed by atoms with Gasteiger partial charge in [0.25, 0.3) is 0 Å². The van der Waals surface area contributed by atoms with Crippen LogP contribution in [0.3, 0.4) is 0 Å². The van der Waals surface area contributed by atoms with E-state index < -0.39 is 11.9 Å². The van der Waals surface area contributed by atoms with Gasteiger partial charge >= 0.3 is 5.97 Å². The minimum absolute atomic E-state index is 0.199. The van der Waals surface area contributed by atoms with E-state index in [-0.39, 0.29) is 11.8 Å². The van der Waals surface area contributed by atoms with Crippen LogP contribution in [-0.4, -0.2) is 26.5 Å². The van der Waals surface area contributed by atoms with Gasteiger partial charge in [-0.25, -0.2) is 4.98 Å². The molecule has 16 heavy (non-hydrogen) atoms. The second kappa shape index (κ2) is 3.96. The Morgan fingerprint density at radius 1 is 1.62 bits per heavy atom. The zero-order chi connectivity index (χ0) is 11.7. The number of nitrogens with zero attached hydrogens (tertiary/aromatic N) is 2. The molecule has 1 saturated carbocycles. The smallest absolute Gasteiger partial charge is 0.307 e. The summed E-state index contributed by atoms with van der Waals surface area (Å²) in [6.45, 7) is 0.338. The van der Waals surface area contributed by atoms with Crippen molar-refractivity contribution in [3.63, 3.8) is 0 Å². The minimum atomic E-state index is -0.892. The molecule has 0 bridgehead atoms. The molecular weight excluding hydrogens is 210 g/mol. The summed E-state index contributed by atoms with van der Waals surface area (Å²) in [6, 6.07) is 0. The molecule has 2 atom stereocenters. The standard InChI is InChI=1S/C10H13N3O3/c1-13-3-2-11-8(13)5-12-9(14)6-4-7(6)10(15)16/h2-3,6-7H,4-5H2,1H3,(H,12,14)(H,15,16). The van der Waals surface area contributed by atoms with Gasteiger partial charge in [0.15, 0.2) is 0 Å². The molecule has 1 fully saturated rings. The molecular formula is C10H13N3O3. The topological polar surface area (TPSA) is 84.2 Å². The number of carbonyl (C=O) groups excluding carboxylic acids is 1. The molecule has 2 rings (SSSR count). The van der Waals surface area contributed by atoms with Crippen molar-refractivity contribution in [1.29, 1.82) is 0 Å². The molecule has 1 aliphatic rings. The number of carboxylic acids is 1. The number of aryl methyl sites for hydroxylation is 1. The normalized spacial score (nSPS) is 22.8. The second-order valence-electron chi connectivity index (χ2n) is 3.96. The van der Waals surface area contributed by atoms with Crippen LogP contribution in [0, 0.1) is 11.8 Å². The fraction of sp³-hybridized carbons (Fsp3) is 0.500. The Morgan fingerprint density at radius 2 is 2.38 bits per heavy atom. The highest BCUT2D eigenvalue weighted by Gasteiger charge is 2.48. The first-order valence-electron chi connectivity index (χ1n) is 5.06. The third kappa shape index (κ3) is 2.05. The number of amides is 1. The van der Waals surface area contributed by atoms with Gasteiger partial charge in [0.1, 0.15) is 5.82 Å². The van der Waals surface area contributed by atoms with Gasteiger partial charge in [-0.3, -0.25) is 9.59 Å². The number of aliphatic carboxylic acids is 1. The van der Waals surface area contributed by atoms with E-state index in [1.54, 1.807) is 12.4 Å². The SMILES string of the molecule is Cn1ccnc1CNC(=O)C1CC1C(=O)O. The first kappa shape index (κ1) is 10.7. The Hall–Kier alpha value is -1.85. The molecule has 2 unspecified atom stereocenters. The molecule has 1 heterocycles. The second-order valence-corrected chi connectivity index (χ2v) is 3.96. The Balaban J connectivity index is 1.82. The third-order valence-corrected chi connectivity index (χ3v) is 2.79. The number of hydrogen-bond acceptors (Lipinski definition) is 3. The van der Waals surface area contributed by atoms with Crippen LogP contribution in [0.15, 0.2) is 12.4 Å². The van der Waals surface area contributed by atoms with Crippen molar-refractivity contribution in [2.75, 3.05) is 0 Å². The molecule has 6 heteroatoms. The third-order valence-electron chi connectivity index (χ3n) is 2.79. The Kier molecular flexibility index (Phi) is 2.64. The van der Waals surface area contributed by atoms with E-state index in [0.29, 0.717) is 13.0 Å². The molecule has 0 spiro atoms. The molecule has 1 amide bonds. The zero-order valence-electron chi connectivity index (χ0n) is 8.88. The van der Waals surface area contributed by atoms with Crippen molar-refractivity contribution in [2.45, 2.75) is 13.0 Å². The predicted octanol–water partition coefficient (Wildman–Crippen LogP) is -0.243. The van der Waals surface area contributed by atoms with Crippen LogP contribution >= 0.6 is 0 Å². The predicted molar refractivity (Wildman–Crippen MR) is 54.3 cm³/mol. The fourth-order valence-electron chi connectivity index (χ4n) is 1.62. The molecule has 86 valence electrons. The van der Waals surface area contributed by atoms with Gasteiger partial charge in [0.2, 0.25) is 5.91 Å². The highest BCUT2D eigenvalue weighted by atomic mass is 16.4. The van der Waals surface area contributed by atoms with E-state index in [4.69, 9.17) is 5.11 Å². The summed E-state index contributed by atoms with van der Waals surface area (Å²) >= 11 is 0. The van der Waals surface area contributed by atoms with Crippen molar-refractivity contribution in [3.05, 3.63) is 18.2 Å². The largest absolute Gasteiger partial charge is 0.481 e. The fourth-order valence-corrected chi connectivity index (χ4v) is 1.62. The van der Waals surface area contributed by atoms with Crippen LogP contribution in [0.5, 0.6) is 0 Å². The van der Waals surface area contributed by atoms with Gasteiger partial charge in [0.05, 0.1) is 18.4 Å². The van der Waals surface area contributed by atoms with Crippen molar-refractivity contribution in [1.82, 2.24) is 14.9 Å². The van der Waals surface area contributed by atoms with Gasteiger partial charge in [-0.05, 0) is 6.42 Å². The lowest BCUT2D eigenvalue weighted by Crippen LogP contribution is -2.27. The number of imidazole rings is 1. The molecule has 0 aliphatic heterocycles. The summed E-state index contributed by atoms with van der Waals surface area (Å²) in [4.78, 5) is 26.1. The van der Waals surface area contributed by atoms with E-state index in [1.165, 1.54) is 0 Å². The summed E-state index contributed by atoms with van der Waals surface area (Å²) in [5, 5.41) is 11.4. The van der Waals surface area contributed by atoms with Gasteiger partial charge < -0.3 is 15.0 Å². The molecule has 1 aromatic rings. The lowest BCUT2D eigenvalue weighted by Gasteiger charge is -2.04. The number of rotatable bonds is 4. The van der Waals surface area contributed by atoms with Crippen LogP contribution in [-0.2, 0) is 23.2 Å². The summed E-state index contributed by atoms with van der Waals surface area (Å²) in [5.74, 6) is -1.20. The van der Waals surface area contributed by atoms with Crippen molar-refractivity contribution >= 4 is 11.9 Å². The highest BCUT2D eigenvalue weighted by molar-refractivity contribution is 5.89. The lowest BCUT2D eigenvalue weighted by atomic mass is 10.3. The molecule has 0 radical (unpaired) electrons. The summed E-state index contributed by atoms with van der Waals surface area (Å²) in [6.07, 6.45) is 3.89. The van der Waals surface area contributed by atoms with Crippen LogP contribution in [0.1, 0.15) is 12.2 Å².